The van der Waals surface area contributed by atoms with Crippen molar-refractivity contribution in [3.63, 3.8) is 0 Å². The van der Waals surface area contributed by atoms with Gasteiger partial charge in [-0.1, -0.05) is 31.2 Å². The van der Waals surface area contributed by atoms with Gasteiger partial charge in [-0.25, -0.2) is 0 Å². The number of carbonyl (C=O) groups excluding carboxylic acids is 1. The van der Waals surface area contributed by atoms with E-state index >= 15 is 0 Å². The smallest absolute Gasteiger partial charge is 0.223 e. The lowest BCUT2D eigenvalue weighted by molar-refractivity contribution is -0.135. The van der Waals surface area contributed by atoms with Crippen molar-refractivity contribution in [1.29, 1.82) is 0 Å². The average molecular weight is 382 g/mol. The minimum absolute atomic E-state index is 0.0961. The number of benzene rings is 1. The Morgan fingerprint density at radius 2 is 2.04 bits per heavy atom. The van der Waals surface area contributed by atoms with Crippen LogP contribution in [-0.4, -0.2) is 42.0 Å². The number of methoxy groups -OCH3 is 1. The molecule has 1 saturated heterocycles. The zero-order chi connectivity index (χ0) is 19.8. The van der Waals surface area contributed by atoms with Crippen LogP contribution in [0.5, 0.6) is 5.75 Å². The van der Waals surface area contributed by atoms with Crippen LogP contribution in [0.1, 0.15) is 49.8 Å². The van der Waals surface area contributed by atoms with Gasteiger partial charge in [0.1, 0.15) is 5.75 Å². The number of hydrogen-bond donors (Lipinski definition) is 1. The van der Waals surface area contributed by atoms with E-state index in [0.29, 0.717) is 13.0 Å². The fraction of sp³-hybridized carbons (Fsp3) is 0.478. The summed E-state index contributed by atoms with van der Waals surface area (Å²) in [5, 5.41) is 3.45. The lowest BCUT2D eigenvalue weighted by Crippen LogP contribution is -2.41. The highest BCUT2D eigenvalue weighted by Crippen LogP contribution is 2.30. The van der Waals surface area contributed by atoms with Gasteiger partial charge in [0, 0.05) is 18.7 Å². The molecule has 0 spiro atoms. The molecule has 2 aromatic rings. The molecule has 1 fully saturated rings. The molecule has 2 heterocycles. The number of aromatic nitrogens is 1. The Balaban J connectivity index is 1.77. The monoisotopic (exact) mass is 381 g/mol. The first-order valence-corrected chi connectivity index (χ1v) is 10.2. The van der Waals surface area contributed by atoms with Crippen molar-refractivity contribution in [3.8, 4) is 5.75 Å². The Labute approximate surface area is 168 Å². The van der Waals surface area contributed by atoms with Crippen LogP contribution in [0, 0.1) is 0 Å². The first-order valence-electron chi connectivity index (χ1n) is 10.2. The van der Waals surface area contributed by atoms with E-state index in [9.17, 15) is 4.79 Å². The molecule has 3 rings (SSSR count). The maximum atomic E-state index is 13.4. The molecule has 0 saturated carbocycles. The molecule has 5 nitrogen and oxygen atoms in total. The molecule has 28 heavy (non-hydrogen) atoms. The van der Waals surface area contributed by atoms with Crippen LogP contribution in [0.25, 0.3) is 0 Å². The van der Waals surface area contributed by atoms with Crippen molar-refractivity contribution in [2.24, 2.45) is 0 Å². The van der Waals surface area contributed by atoms with Gasteiger partial charge in [-0.15, -0.1) is 0 Å². The normalized spacial score (nSPS) is 18.1. The average Bonchev–Trinajstić information content (AvgIpc) is 3.02. The van der Waals surface area contributed by atoms with E-state index in [0.717, 1.165) is 49.4 Å². The standard InChI is InChI=1S/C23H31N3O2/c1-18(21-10-3-4-11-22(21)28-2)16-23(27)26(17-19-8-5-6-14-25-19)20-9-7-13-24-15-12-20/h3-6,8,10-11,14,18,20,24H,7,9,12-13,15-17H2,1-2H3. The molecule has 0 aliphatic carbocycles. The third-order valence-electron chi connectivity index (χ3n) is 5.52. The molecule has 1 aliphatic heterocycles. The maximum absolute atomic E-state index is 13.4. The van der Waals surface area contributed by atoms with Gasteiger partial charge in [0.25, 0.3) is 0 Å². The third kappa shape index (κ3) is 5.32. The minimum atomic E-state index is 0.0961. The molecule has 1 aliphatic rings. The number of para-hydroxylation sites is 1. The molecule has 2 unspecified atom stereocenters. The Kier molecular flexibility index (Phi) is 7.43. The Morgan fingerprint density at radius 1 is 1.21 bits per heavy atom. The Hall–Kier alpha value is -2.40. The van der Waals surface area contributed by atoms with E-state index in [2.05, 4.69) is 28.2 Å². The summed E-state index contributed by atoms with van der Waals surface area (Å²) in [7, 11) is 1.68. The Morgan fingerprint density at radius 3 is 2.82 bits per heavy atom. The van der Waals surface area contributed by atoms with Crippen LogP contribution >= 0.6 is 0 Å². The number of pyridine rings is 1. The van der Waals surface area contributed by atoms with Crippen LogP contribution in [-0.2, 0) is 11.3 Å². The minimum Gasteiger partial charge on any atom is -0.496 e. The van der Waals surface area contributed by atoms with Crippen molar-refractivity contribution in [2.75, 3.05) is 20.2 Å². The van der Waals surface area contributed by atoms with Gasteiger partial charge in [-0.2, -0.15) is 0 Å². The van der Waals surface area contributed by atoms with Gasteiger partial charge in [0.15, 0.2) is 0 Å². The van der Waals surface area contributed by atoms with Gasteiger partial charge in [-0.05, 0) is 62.0 Å². The summed E-state index contributed by atoms with van der Waals surface area (Å²) in [6, 6.07) is 14.1. The molecule has 150 valence electrons. The first kappa shape index (κ1) is 20.3. The second kappa shape index (κ2) is 10.2. The summed E-state index contributed by atoms with van der Waals surface area (Å²) < 4.78 is 5.49. The molecule has 1 amide bonds. The van der Waals surface area contributed by atoms with Crippen molar-refractivity contribution in [1.82, 2.24) is 15.2 Å². The molecule has 1 aromatic carbocycles. The summed E-state index contributed by atoms with van der Waals surface area (Å²) in [4.78, 5) is 19.9. The quantitative estimate of drug-likeness (QED) is 0.794. The molecular weight excluding hydrogens is 350 g/mol. The number of hydrogen-bond acceptors (Lipinski definition) is 4. The van der Waals surface area contributed by atoms with Gasteiger partial charge in [0.2, 0.25) is 5.91 Å². The zero-order valence-corrected chi connectivity index (χ0v) is 16.9. The van der Waals surface area contributed by atoms with Crippen molar-refractivity contribution in [3.05, 3.63) is 59.9 Å². The number of nitrogens with zero attached hydrogens (tertiary/aromatic N) is 2. The van der Waals surface area contributed by atoms with E-state index in [1.807, 2.05) is 36.4 Å². The van der Waals surface area contributed by atoms with Crippen molar-refractivity contribution in [2.45, 2.75) is 51.1 Å². The predicted octanol–water partition coefficient (Wildman–Crippen LogP) is 3.75. The summed E-state index contributed by atoms with van der Waals surface area (Å²) >= 11 is 0. The first-order chi connectivity index (χ1) is 13.7. The molecule has 5 heteroatoms. The molecule has 0 bridgehead atoms. The number of amides is 1. The molecule has 0 radical (unpaired) electrons. The van der Waals surface area contributed by atoms with E-state index in [4.69, 9.17) is 4.74 Å². The predicted molar refractivity (Wildman–Crippen MR) is 111 cm³/mol. The van der Waals surface area contributed by atoms with E-state index in [1.165, 1.54) is 0 Å². The third-order valence-corrected chi connectivity index (χ3v) is 5.52. The highest BCUT2D eigenvalue weighted by atomic mass is 16.5. The molecule has 2 atom stereocenters. The SMILES string of the molecule is COc1ccccc1C(C)CC(=O)N(Cc1ccccn1)C1CCCNCC1. The van der Waals surface area contributed by atoms with Crippen LogP contribution in [0.2, 0.25) is 0 Å². The van der Waals surface area contributed by atoms with Gasteiger partial charge < -0.3 is 15.0 Å². The number of rotatable bonds is 7. The van der Waals surface area contributed by atoms with Crippen LogP contribution in [0.15, 0.2) is 48.7 Å². The highest BCUT2D eigenvalue weighted by molar-refractivity contribution is 5.77. The zero-order valence-electron chi connectivity index (χ0n) is 16.9. The second-order valence-electron chi connectivity index (χ2n) is 7.52. The van der Waals surface area contributed by atoms with Crippen molar-refractivity contribution >= 4 is 5.91 Å². The molecule has 1 N–H and O–H groups in total. The maximum Gasteiger partial charge on any atom is 0.223 e. The lowest BCUT2D eigenvalue weighted by atomic mass is 9.95. The molecular formula is C23H31N3O2. The number of carbonyl (C=O) groups is 1. The summed E-state index contributed by atoms with van der Waals surface area (Å²) in [6.07, 6.45) is 5.39. The highest BCUT2D eigenvalue weighted by Gasteiger charge is 2.27. The van der Waals surface area contributed by atoms with Gasteiger partial charge in [-0.3, -0.25) is 9.78 Å². The van der Waals surface area contributed by atoms with Crippen LogP contribution in [0.4, 0.5) is 0 Å². The second-order valence-corrected chi connectivity index (χ2v) is 7.52. The fourth-order valence-corrected chi connectivity index (χ4v) is 3.96. The summed E-state index contributed by atoms with van der Waals surface area (Å²) in [6.45, 7) is 4.66. The largest absolute Gasteiger partial charge is 0.496 e. The van der Waals surface area contributed by atoms with Gasteiger partial charge in [0.05, 0.1) is 19.3 Å². The topological polar surface area (TPSA) is 54.5 Å². The van der Waals surface area contributed by atoms with E-state index < -0.39 is 0 Å². The number of ether oxygens (including phenoxy) is 1. The summed E-state index contributed by atoms with van der Waals surface area (Å²) in [5.74, 6) is 1.13. The van der Waals surface area contributed by atoms with Gasteiger partial charge >= 0.3 is 0 Å². The van der Waals surface area contributed by atoms with E-state index in [-0.39, 0.29) is 17.9 Å². The summed E-state index contributed by atoms with van der Waals surface area (Å²) in [5.41, 5.74) is 2.02. The molecule has 1 aromatic heterocycles. The van der Waals surface area contributed by atoms with Crippen molar-refractivity contribution < 1.29 is 9.53 Å². The lowest BCUT2D eigenvalue weighted by Gasteiger charge is -2.32. The number of nitrogens with one attached hydrogen (secondary N) is 1. The fourth-order valence-electron chi connectivity index (χ4n) is 3.96. The van der Waals surface area contributed by atoms with E-state index in [1.54, 1.807) is 13.3 Å². The van der Waals surface area contributed by atoms with Crippen LogP contribution in [0.3, 0.4) is 0 Å². The van der Waals surface area contributed by atoms with Crippen LogP contribution < -0.4 is 10.1 Å². The Bertz CT molecular complexity index is 743.